The first kappa shape index (κ1) is 11.7. The highest BCUT2D eigenvalue weighted by Gasteiger charge is 2.11. The average Bonchev–Trinajstić information content (AvgIpc) is 2.26. The number of rotatable bonds is 4. The molecular formula is C11H16N2O2. The Morgan fingerprint density at radius 1 is 1.53 bits per heavy atom. The summed E-state index contributed by atoms with van der Waals surface area (Å²) in [7, 11) is 0. The number of carbonyl (C=O) groups excluding carboxylic acids is 1. The summed E-state index contributed by atoms with van der Waals surface area (Å²) in [6, 6.07) is 5.14. The SMILES string of the molecule is CC(C)C(O)CNC(=O)c1ccccn1. The van der Waals surface area contributed by atoms with Gasteiger partial charge in [-0.2, -0.15) is 0 Å². The molecule has 0 aliphatic rings. The molecule has 0 radical (unpaired) electrons. The van der Waals surface area contributed by atoms with Gasteiger partial charge in [-0.15, -0.1) is 0 Å². The molecule has 0 spiro atoms. The summed E-state index contributed by atoms with van der Waals surface area (Å²) in [5.41, 5.74) is 0.369. The van der Waals surface area contributed by atoms with Gasteiger partial charge < -0.3 is 10.4 Å². The lowest BCUT2D eigenvalue weighted by molar-refractivity contribution is 0.0867. The highest BCUT2D eigenvalue weighted by Crippen LogP contribution is 1.99. The Balaban J connectivity index is 2.44. The number of hydrogen-bond donors (Lipinski definition) is 2. The van der Waals surface area contributed by atoms with Crippen LogP contribution in [0.3, 0.4) is 0 Å². The van der Waals surface area contributed by atoms with Gasteiger partial charge in [-0.25, -0.2) is 0 Å². The summed E-state index contributed by atoms with van der Waals surface area (Å²) in [6.07, 6.45) is 1.05. The van der Waals surface area contributed by atoms with E-state index in [1.165, 1.54) is 0 Å². The topological polar surface area (TPSA) is 62.2 Å². The smallest absolute Gasteiger partial charge is 0.269 e. The summed E-state index contributed by atoms with van der Waals surface area (Å²) in [5.74, 6) is -0.121. The van der Waals surface area contributed by atoms with E-state index in [0.29, 0.717) is 5.69 Å². The molecule has 82 valence electrons. The first-order valence-corrected chi connectivity index (χ1v) is 4.98. The molecule has 1 rings (SSSR count). The Hall–Kier alpha value is -1.42. The molecule has 0 fully saturated rings. The molecule has 0 bridgehead atoms. The molecule has 1 amide bonds. The minimum absolute atomic E-state index is 0.133. The predicted molar refractivity (Wildman–Crippen MR) is 57.4 cm³/mol. The fourth-order valence-corrected chi connectivity index (χ4v) is 1.02. The zero-order valence-corrected chi connectivity index (χ0v) is 8.97. The van der Waals surface area contributed by atoms with Gasteiger partial charge in [0.15, 0.2) is 0 Å². The molecule has 4 heteroatoms. The fourth-order valence-electron chi connectivity index (χ4n) is 1.02. The zero-order valence-electron chi connectivity index (χ0n) is 8.97. The zero-order chi connectivity index (χ0) is 11.3. The maximum Gasteiger partial charge on any atom is 0.269 e. The number of nitrogens with zero attached hydrogens (tertiary/aromatic N) is 1. The van der Waals surface area contributed by atoms with Crippen LogP contribution in [0.1, 0.15) is 24.3 Å². The molecule has 0 aromatic carbocycles. The highest BCUT2D eigenvalue weighted by molar-refractivity contribution is 5.92. The van der Waals surface area contributed by atoms with Gasteiger partial charge in [0.1, 0.15) is 5.69 Å². The molecule has 2 N–H and O–H groups in total. The number of nitrogens with one attached hydrogen (secondary N) is 1. The van der Waals surface area contributed by atoms with Crippen molar-refractivity contribution in [2.24, 2.45) is 5.92 Å². The third-order valence-corrected chi connectivity index (χ3v) is 2.14. The van der Waals surface area contributed by atoms with Crippen molar-refractivity contribution < 1.29 is 9.90 Å². The molecule has 1 aromatic rings. The van der Waals surface area contributed by atoms with E-state index in [1.807, 2.05) is 13.8 Å². The molecule has 1 atom stereocenters. The van der Waals surface area contributed by atoms with Crippen LogP contribution in [0.25, 0.3) is 0 Å². The van der Waals surface area contributed by atoms with Crippen molar-refractivity contribution in [1.29, 1.82) is 0 Å². The van der Waals surface area contributed by atoms with Gasteiger partial charge in [-0.3, -0.25) is 9.78 Å². The monoisotopic (exact) mass is 208 g/mol. The van der Waals surface area contributed by atoms with E-state index >= 15 is 0 Å². The molecule has 1 unspecified atom stereocenters. The largest absolute Gasteiger partial charge is 0.391 e. The van der Waals surface area contributed by atoms with E-state index in [9.17, 15) is 9.90 Å². The molecule has 0 saturated heterocycles. The van der Waals surface area contributed by atoms with Crippen molar-refractivity contribution >= 4 is 5.91 Å². The van der Waals surface area contributed by atoms with Gasteiger partial charge in [0, 0.05) is 12.7 Å². The van der Waals surface area contributed by atoms with Gasteiger partial charge in [0.2, 0.25) is 0 Å². The lowest BCUT2D eigenvalue weighted by Crippen LogP contribution is -2.35. The number of amides is 1. The summed E-state index contributed by atoms with van der Waals surface area (Å²) in [6.45, 7) is 4.06. The van der Waals surface area contributed by atoms with Crippen LogP contribution in [0, 0.1) is 5.92 Å². The van der Waals surface area contributed by atoms with Gasteiger partial charge in [0.05, 0.1) is 6.10 Å². The number of carbonyl (C=O) groups is 1. The summed E-state index contributed by atoms with van der Waals surface area (Å²) >= 11 is 0. The highest BCUT2D eigenvalue weighted by atomic mass is 16.3. The molecule has 0 aliphatic heterocycles. The van der Waals surface area contributed by atoms with Crippen LogP contribution >= 0.6 is 0 Å². The van der Waals surface area contributed by atoms with E-state index < -0.39 is 6.10 Å². The predicted octanol–water partition coefficient (Wildman–Crippen LogP) is 0.828. The van der Waals surface area contributed by atoms with Crippen LogP contribution in [-0.2, 0) is 0 Å². The second-order valence-electron chi connectivity index (χ2n) is 3.74. The van der Waals surface area contributed by atoms with Crippen LogP contribution < -0.4 is 5.32 Å². The third-order valence-electron chi connectivity index (χ3n) is 2.14. The Kier molecular flexibility index (Phi) is 4.24. The van der Waals surface area contributed by atoms with Crippen molar-refractivity contribution in [3.63, 3.8) is 0 Å². The normalized spacial score (nSPS) is 12.5. The second-order valence-corrected chi connectivity index (χ2v) is 3.74. The maximum absolute atomic E-state index is 11.5. The fraction of sp³-hybridized carbons (Fsp3) is 0.455. The lowest BCUT2D eigenvalue weighted by Gasteiger charge is -2.14. The van der Waals surface area contributed by atoms with E-state index in [-0.39, 0.29) is 18.4 Å². The third kappa shape index (κ3) is 3.67. The minimum Gasteiger partial charge on any atom is -0.391 e. The van der Waals surface area contributed by atoms with Crippen LogP contribution in [0.2, 0.25) is 0 Å². The Labute approximate surface area is 89.3 Å². The number of aliphatic hydroxyl groups is 1. The van der Waals surface area contributed by atoms with Crippen molar-refractivity contribution in [3.8, 4) is 0 Å². The molecule has 1 heterocycles. The van der Waals surface area contributed by atoms with Gasteiger partial charge in [-0.1, -0.05) is 19.9 Å². The van der Waals surface area contributed by atoms with Crippen molar-refractivity contribution in [3.05, 3.63) is 30.1 Å². The van der Waals surface area contributed by atoms with Crippen LogP contribution in [0.4, 0.5) is 0 Å². The number of aromatic nitrogens is 1. The minimum atomic E-state index is -0.516. The molecule has 1 aromatic heterocycles. The number of hydrogen-bond acceptors (Lipinski definition) is 3. The molecule has 15 heavy (non-hydrogen) atoms. The van der Waals surface area contributed by atoms with Crippen LogP contribution in [-0.4, -0.2) is 28.6 Å². The first-order valence-electron chi connectivity index (χ1n) is 4.98. The van der Waals surface area contributed by atoms with Crippen molar-refractivity contribution in [2.45, 2.75) is 20.0 Å². The van der Waals surface area contributed by atoms with Crippen molar-refractivity contribution in [1.82, 2.24) is 10.3 Å². The molecule has 0 saturated carbocycles. The maximum atomic E-state index is 11.5. The average molecular weight is 208 g/mol. The summed E-state index contributed by atoms with van der Waals surface area (Å²) in [4.78, 5) is 15.4. The van der Waals surface area contributed by atoms with Crippen LogP contribution in [0.15, 0.2) is 24.4 Å². The second kappa shape index (κ2) is 5.46. The van der Waals surface area contributed by atoms with Gasteiger partial charge in [0.25, 0.3) is 5.91 Å². The van der Waals surface area contributed by atoms with E-state index in [0.717, 1.165) is 0 Å². The lowest BCUT2D eigenvalue weighted by atomic mass is 10.1. The Morgan fingerprint density at radius 2 is 2.27 bits per heavy atom. The van der Waals surface area contributed by atoms with Gasteiger partial charge >= 0.3 is 0 Å². The first-order chi connectivity index (χ1) is 7.11. The Bertz CT molecular complexity index is 312. The number of pyridine rings is 1. The van der Waals surface area contributed by atoms with Crippen LogP contribution in [0.5, 0.6) is 0 Å². The quantitative estimate of drug-likeness (QED) is 0.770. The van der Waals surface area contributed by atoms with E-state index in [4.69, 9.17) is 0 Å². The molecule has 4 nitrogen and oxygen atoms in total. The summed E-state index contributed by atoms with van der Waals surface area (Å²) < 4.78 is 0. The Morgan fingerprint density at radius 3 is 2.80 bits per heavy atom. The van der Waals surface area contributed by atoms with E-state index in [1.54, 1.807) is 24.4 Å². The summed E-state index contributed by atoms with van der Waals surface area (Å²) in [5, 5.41) is 12.1. The molecular weight excluding hydrogens is 192 g/mol. The number of aliphatic hydroxyl groups excluding tert-OH is 1. The van der Waals surface area contributed by atoms with Crippen molar-refractivity contribution in [2.75, 3.05) is 6.54 Å². The standard InChI is InChI=1S/C11H16N2O2/c1-8(2)10(14)7-13-11(15)9-5-3-4-6-12-9/h3-6,8,10,14H,7H2,1-2H3,(H,13,15). The van der Waals surface area contributed by atoms with Gasteiger partial charge in [-0.05, 0) is 18.1 Å². The van der Waals surface area contributed by atoms with E-state index in [2.05, 4.69) is 10.3 Å². The molecule has 0 aliphatic carbocycles.